The number of rotatable bonds is 11. The fraction of sp³-hybridized carbons (Fsp3) is 0.526. The highest BCUT2D eigenvalue weighted by Gasteiger charge is 2.26. The summed E-state index contributed by atoms with van der Waals surface area (Å²) in [5.74, 6) is -1.56. The predicted molar refractivity (Wildman–Crippen MR) is 96.3 cm³/mol. The maximum atomic E-state index is 12.8. The Morgan fingerprint density at radius 2 is 1.76 bits per heavy atom. The molecule has 2 amide bonds. The summed E-state index contributed by atoms with van der Waals surface area (Å²) in [6.07, 6.45) is 2.57. The summed E-state index contributed by atoms with van der Waals surface area (Å²) >= 11 is 0. The van der Waals surface area contributed by atoms with Crippen LogP contribution < -0.4 is 5.32 Å². The number of carboxylic acid groups (broad SMARTS) is 1. The van der Waals surface area contributed by atoms with Crippen LogP contribution in [0.3, 0.4) is 0 Å². The van der Waals surface area contributed by atoms with E-state index in [0.29, 0.717) is 18.7 Å². The van der Waals surface area contributed by atoms with Gasteiger partial charge in [-0.2, -0.15) is 0 Å². The molecule has 25 heavy (non-hydrogen) atoms. The third-order valence-electron chi connectivity index (χ3n) is 3.87. The first-order chi connectivity index (χ1) is 12.0. The highest BCUT2D eigenvalue weighted by molar-refractivity contribution is 5.97. The largest absolute Gasteiger partial charge is 0.481 e. The van der Waals surface area contributed by atoms with Gasteiger partial charge in [-0.15, -0.1) is 0 Å². The van der Waals surface area contributed by atoms with Crippen molar-refractivity contribution in [2.24, 2.45) is 0 Å². The maximum absolute atomic E-state index is 12.8. The van der Waals surface area contributed by atoms with E-state index in [2.05, 4.69) is 5.32 Å². The van der Waals surface area contributed by atoms with Crippen LogP contribution in [0.2, 0.25) is 0 Å². The van der Waals surface area contributed by atoms with Gasteiger partial charge >= 0.3 is 5.97 Å². The number of nitrogens with zero attached hydrogens (tertiary/aromatic N) is 1. The van der Waals surface area contributed by atoms with E-state index >= 15 is 0 Å². The minimum Gasteiger partial charge on any atom is -0.481 e. The van der Waals surface area contributed by atoms with Crippen LogP contribution in [0.25, 0.3) is 0 Å². The summed E-state index contributed by atoms with van der Waals surface area (Å²) in [5.41, 5.74) is 0.450. The van der Waals surface area contributed by atoms with E-state index in [1.54, 1.807) is 35.2 Å². The van der Waals surface area contributed by atoms with E-state index in [-0.39, 0.29) is 24.7 Å². The zero-order chi connectivity index (χ0) is 18.7. The van der Waals surface area contributed by atoms with Gasteiger partial charge in [0.1, 0.15) is 6.04 Å². The van der Waals surface area contributed by atoms with E-state index in [0.717, 1.165) is 19.3 Å². The molecule has 0 saturated carbocycles. The van der Waals surface area contributed by atoms with Crippen molar-refractivity contribution in [1.82, 2.24) is 10.2 Å². The Kier molecular flexibility index (Phi) is 9.29. The lowest BCUT2D eigenvalue weighted by Gasteiger charge is -2.27. The van der Waals surface area contributed by atoms with Gasteiger partial charge < -0.3 is 15.3 Å². The number of hydrogen-bond donors (Lipinski definition) is 2. The van der Waals surface area contributed by atoms with Gasteiger partial charge in [0.2, 0.25) is 5.91 Å². The first-order valence-electron chi connectivity index (χ1n) is 8.86. The topological polar surface area (TPSA) is 86.7 Å². The summed E-state index contributed by atoms with van der Waals surface area (Å²) < 4.78 is 0. The molecule has 0 aliphatic heterocycles. The van der Waals surface area contributed by atoms with Crippen LogP contribution in [0, 0.1) is 0 Å². The van der Waals surface area contributed by atoms with Crippen molar-refractivity contribution >= 4 is 17.8 Å². The van der Waals surface area contributed by atoms with Gasteiger partial charge in [0.15, 0.2) is 0 Å². The minimum atomic E-state index is -0.984. The summed E-state index contributed by atoms with van der Waals surface area (Å²) in [5, 5.41) is 11.7. The Bertz CT molecular complexity index is 560. The van der Waals surface area contributed by atoms with E-state index in [1.807, 2.05) is 13.8 Å². The van der Waals surface area contributed by atoms with Crippen LogP contribution in [0.15, 0.2) is 30.3 Å². The molecule has 0 aliphatic rings. The Labute approximate surface area is 149 Å². The second-order valence-electron chi connectivity index (χ2n) is 6.00. The van der Waals surface area contributed by atoms with Crippen molar-refractivity contribution in [3.05, 3.63) is 35.9 Å². The van der Waals surface area contributed by atoms with E-state index < -0.39 is 12.0 Å². The number of benzene rings is 1. The smallest absolute Gasteiger partial charge is 0.303 e. The SMILES string of the molecule is CCCCN(CCC)C(=O)C(CCC(=O)O)NC(=O)c1ccccc1. The van der Waals surface area contributed by atoms with Crippen molar-refractivity contribution in [2.75, 3.05) is 13.1 Å². The number of unbranched alkanes of at least 4 members (excludes halogenated alkanes) is 1. The molecule has 0 bridgehead atoms. The van der Waals surface area contributed by atoms with E-state index in [4.69, 9.17) is 5.11 Å². The van der Waals surface area contributed by atoms with Gasteiger partial charge in [0.05, 0.1) is 0 Å². The van der Waals surface area contributed by atoms with Crippen LogP contribution in [0.5, 0.6) is 0 Å². The molecule has 0 spiro atoms. The molecule has 0 heterocycles. The Balaban J connectivity index is 2.87. The number of aliphatic carboxylic acids is 1. The average molecular weight is 348 g/mol. The zero-order valence-corrected chi connectivity index (χ0v) is 15.0. The second-order valence-corrected chi connectivity index (χ2v) is 6.00. The van der Waals surface area contributed by atoms with Crippen LogP contribution in [-0.4, -0.2) is 46.9 Å². The quantitative estimate of drug-likeness (QED) is 0.644. The second kappa shape index (κ2) is 11.2. The summed E-state index contributed by atoms with van der Waals surface area (Å²) in [6.45, 7) is 5.26. The lowest BCUT2D eigenvalue weighted by atomic mass is 10.1. The van der Waals surface area contributed by atoms with Crippen LogP contribution >= 0.6 is 0 Å². The fourth-order valence-electron chi connectivity index (χ4n) is 2.53. The first kappa shape index (κ1) is 20.7. The molecular weight excluding hydrogens is 320 g/mol. The molecule has 0 fully saturated rings. The third-order valence-corrected chi connectivity index (χ3v) is 3.87. The molecule has 0 aromatic heterocycles. The monoisotopic (exact) mass is 348 g/mol. The molecule has 6 nitrogen and oxygen atoms in total. The van der Waals surface area contributed by atoms with Crippen LogP contribution in [-0.2, 0) is 9.59 Å². The Morgan fingerprint density at radius 1 is 1.08 bits per heavy atom. The minimum absolute atomic E-state index is 0.0824. The molecule has 0 saturated heterocycles. The Hall–Kier alpha value is -2.37. The summed E-state index contributed by atoms with van der Waals surface area (Å²) in [6, 6.07) is 7.79. The first-order valence-corrected chi connectivity index (χ1v) is 8.86. The van der Waals surface area contributed by atoms with Crippen molar-refractivity contribution in [3.8, 4) is 0 Å². The van der Waals surface area contributed by atoms with Crippen molar-refractivity contribution in [3.63, 3.8) is 0 Å². The molecule has 1 aromatic carbocycles. The van der Waals surface area contributed by atoms with Gasteiger partial charge in [-0.05, 0) is 31.4 Å². The molecule has 0 radical (unpaired) electrons. The summed E-state index contributed by atoms with van der Waals surface area (Å²) in [4.78, 5) is 37.8. The molecule has 0 aliphatic carbocycles. The lowest BCUT2D eigenvalue weighted by Crippen LogP contribution is -2.49. The van der Waals surface area contributed by atoms with E-state index in [1.165, 1.54) is 0 Å². The van der Waals surface area contributed by atoms with Crippen molar-refractivity contribution in [1.29, 1.82) is 0 Å². The lowest BCUT2D eigenvalue weighted by molar-refractivity contribution is -0.138. The molecule has 138 valence electrons. The van der Waals surface area contributed by atoms with Gasteiger partial charge in [0, 0.05) is 25.1 Å². The molecular formula is C19H28N2O4. The number of hydrogen-bond acceptors (Lipinski definition) is 3. The van der Waals surface area contributed by atoms with Crippen molar-refractivity contribution in [2.45, 2.75) is 52.0 Å². The molecule has 1 unspecified atom stereocenters. The van der Waals surface area contributed by atoms with Crippen LogP contribution in [0.1, 0.15) is 56.3 Å². The van der Waals surface area contributed by atoms with Gasteiger partial charge in [-0.3, -0.25) is 14.4 Å². The number of amides is 2. The average Bonchev–Trinajstić information content (AvgIpc) is 2.62. The maximum Gasteiger partial charge on any atom is 0.303 e. The number of carbonyl (C=O) groups is 3. The number of nitrogens with one attached hydrogen (secondary N) is 1. The molecule has 1 atom stereocenters. The summed E-state index contributed by atoms with van der Waals surface area (Å²) in [7, 11) is 0. The van der Waals surface area contributed by atoms with Crippen LogP contribution in [0.4, 0.5) is 0 Å². The molecule has 2 N–H and O–H groups in total. The molecule has 1 rings (SSSR count). The Morgan fingerprint density at radius 3 is 2.32 bits per heavy atom. The normalized spacial score (nSPS) is 11.6. The van der Waals surface area contributed by atoms with Gasteiger partial charge in [-0.1, -0.05) is 38.5 Å². The van der Waals surface area contributed by atoms with Gasteiger partial charge in [-0.25, -0.2) is 0 Å². The molecule has 6 heteroatoms. The van der Waals surface area contributed by atoms with E-state index in [9.17, 15) is 14.4 Å². The highest BCUT2D eigenvalue weighted by atomic mass is 16.4. The highest BCUT2D eigenvalue weighted by Crippen LogP contribution is 2.08. The predicted octanol–water partition coefficient (Wildman–Crippen LogP) is 2.69. The standard InChI is InChI=1S/C19H28N2O4/c1-3-5-14-21(13-4-2)19(25)16(11-12-17(22)23)20-18(24)15-9-7-6-8-10-15/h6-10,16H,3-5,11-14H2,1-2H3,(H,20,24)(H,22,23). The van der Waals surface area contributed by atoms with Crippen molar-refractivity contribution < 1.29 is 19.5 Å². The number of carboxylic acids is 1. The fourth-order valence-corrected chi connectivity index (χ4v) is 2.53. The third kappa shape index (κ3) is 7.37. The zero-order valence-electron chi connectivity index (χ0n) is 15.0. The number of carbonyl (C=O) groups excluding carboxylic acids is 2. The molecule has 1 aromatic rings. The van der Waals surface area contributed by atoms with Gasteiger partial charge in [0.25, 0.3) is 5.91 Å².